The van der Waals surface area contributed by atoms with Crippen molar-refractivity contribution in [1.29, 1.82) is 0 Å². The zero-order valence-electron chi connectivity index (χ0n) is 11.4. The van der Waals surface area contributed by atoms with Crippen molar-refractivity contribution in [2.45, 2.75) is 5.79 Å². The number of carboxylic acids is 2. The number of hydrogen-bond acceptors (Lipinski definition) is 4. The zero-order chi connectivity index (χ0) is 17.0. The molecule has 0 aliphatic heterocycles. The molecule has 0 atom stereocenters. The number of hydrogen-bond donors (Lipinski definition) is 2. The van der Waals surface area contributed by atoms with E-state index in [9.17, 15) is 19.8 Å². The zero-order valence-corrected chi connectivity index (χ0v) is 13.7. The average molecular weight is 402 g/mol. The minimum absolute atomic E-state index is 0.0173. The summed E-state index contributed by atoms with van der Waals surface area (Å²) in [5.41, 5.74) is 0. The van der Waals surface area contributed by atoms with E-state index in [1.54, 1.807) is 12.1 Å². The fourth-order valence-corrected chi connectivity index (χ4v) is 2.01. The van der Waals surface area contributed by atoms with Crippen LogP contribution in [0.2, 0.25) is 5.02 Å². The standard InChI is InChI=1S/C15H10BrClO6/c16-9-1-5-11(6-2-9)22-15(13(18)19,14(20)21)23-12-7-3-10(17)4-8-12/h1-8H,(H,18,19)(H,20,21). The van der Waals surface area contributed by atoms with Gasteiger partial charge in [0, 0.05) is 9.50 Å². The molecular formula is C15H10BrClO6. The van der Waals surface area contributed by atoms with Gasteiger partial charge in [0.05, 0.1) is 0 Å². The minimum atomic E-state index is -2.93. The van der Waals surface area contributed by atoms with Gasteiger partial charge in [0.15, 0.2) is 0 Å². The summed E-state index contributed by atoms with van der Waals surface area (Å²) in [6, 6.07) is 11.5. The van der Waals surface area contributed by atoms with Crippen LogP contribution in [0, 0.1) is 0 Å². The summed E-state index contributed by atoms with van der Waals surface area (Å²) >= 11 is 8.94. The van der Waals surface area contributed by atoms with Gasteiger partial charge >= 0.3 is 17.7 Å². The van der Waals surface area contributed by atoms with Gasteiger partial charge in [0.2, 0.25) is 0 Å². The molecule has 0 bridgehead atoms. The third-order valence-electron chi connectivity index (χ3n) is 2.71. The molecule has 0 amide bonds. The van der Waals surface area contributed by atoms with E-state index in [1.807, 2.05) is 0 Å². The van der Waals surface area contributed by atoms with Crippen LogP contribution in [0.25, 0.3) is 0 Å². The number of carbonyl (C=O) groups is 2. The maximum absolute atomic E-state index is 11.5. The Morgan fingerprint density at radius 2 is 1.26 bits per heavy atom. The van der Waals surface area contributed by atoms with Crippen molar-refractivity contribution < 1.29 is 29.3 Å². The third kappa shape index (κ3) is 3.94. The molecule has 0 radical (unpaired) electrons. The van der Waals surface area contributed by atoms with Crippen LogP contribution in [0.1, 0.15) is 0 Å². The molecule has 2 aromatic carbocycles. The van der Waals surface area contributed by atoms with E-state index in [4.69, 9.17) is 21.1 Å². The summed E-state index contributed by atoms with van der Waals surface area (Å²) in [6.07, 6.45) is 0. The number of rotatable bonds is 6. The van der Waals surface area contributed by atoms with Crippen molar-refractivity contribution >= 4 is 39.5 Å². The van der Waals surface area contributed by atoms with Crippen LogP contribution in [0.15, 0.2) is 53.0 Å². The highest BCUT2D eigenvalue weighted by molar-refractivity contribution is 9.10. The maximum atomic E-state index is 11.5. The molecule has 0 heterocycles. The van der Waals surface area contributed by atoms with Crippen LogP contribution in [-0.4, -0.2) is 27.9 Å². The van der Waals surface area contributed by atoms with E-state index in [-0.39, 0.29) is 11.5 Å². The van der Waals surface area contributed by atoms with Crippen molar-refractivity contribution in [2.75, 3.05) is 0 Å². The molecule has 0 aliphatic carbocycles. The first-order valence-electron chi connectivity index (χ1n) is 6.19. The Morgan fingerprint density at radius 1 is 0.870 bits per heavy atom. The molecule has 2 rings (SSSR count). The van der Waals surface area contributed by atoms with Crippen LogP contribution >= 0.6 is 27.5 Å². The van der Waals surface area contributed by atoms with Crippen molar-refractivity contribution in [2.24, 2.45) is 0 Å². The molecule has 0 aromatic heterocycles. The number of carboxylic acid groups (broad SMARTS) is 2. The van der Waals surface area contributed by atoms with E-state index < -0.39 is 17.7 Å². The Bertz CT molecular complexity index is 650. The highest BCUT2D eigenvalue weighted by Gasteiger charge is 2.53. The van der Waals surface area contributed by atoms with Gasteiger partial charge in [0.25, 0.3) is 0 Å². The van der Waals surface area contributed by atoms with Gasteiger partial charge in [-0.1, -0.05) is 27.5 Å². The van der Waals surface area contributed by atoms with Crippen LogP contribution in [-0.2, 0) is 9.59 Å². The summed E-state index contributed by atoms with van der Waals surface area (Å²) < 4.78 is 11.0. The molecule has 0 aliphatic rings. The SMILES string of the molecule is O=C(O)C(Oc1ccc(Cl)cc1)(Oc1ccc(Br)cc1)C(=O)O. The molecule has 23 heavy (non-hydrogen) atoms. The van der Waals surface area contributed by atoms with Crippen molar-refractivity contribution in [3.05, 3.63) is 58.0 Å². The van der Waals surface area contributed by atoms with Crippen molar-refractivity contribution in [3.63, 3.8) is 0 Å². The first-order chi connectivity index (χ1) is 10.8. The molecule has 6 nitrogen and oxygen atoms in total. The largest absolute Gasteiger partial charge is 0.475 e. The lowest BCUT2D eigenvalue weighted by Gasteiger charge is -2.26. The number of ether oxygens (including phenoxy) is 2. The second-order valence-corrected chi connectivity index (χ2v) is 5.69. The molecule has 8 heteroatoms. The Labute approximate surface area is 144 Å². The lowest BCUT2D eigenvalue weighted by molar-refractivity contribution is -0.201. The fraction of sp³-hybridized carbons (Fsp3) is 0.0667. The van der Waals surface area contributed by atoms with E-state index in [1.165, 1.54) is 36.4 Å². The molecule has 120 valence electrons. The minimum Gasteiger partial charge on any atom is -0.475 e. The van der Waals surface area contributed by atoms with Gasteiger partial charge in [-0.05, 0) is 48.5 Å². The van der Waals surface area contributed by atoms with E-state index >= 15 is 0 Å². The first-order valence-corrected chi connectivity index (χ1v) is 7.36. The lowest BCUT2D eigenvalue weighted by Crippen LogP contribution is -2.56. The molecular weight excluding hydrogens is 392 g/mol. The fourth-order valence-electron chi connectivity index (χ4n) is 1.62. The van der Waals surface area contributed by atoms with Crippen LogP contribution in [0.4, 0.5) is 0 Å². The summed E-state index contributed by atoms with van der Waals surface area (Å²) in [5, 5.41) is 19.1. The lowest BCUT2D eigenvalue weighted by atomic mass is 10.2. The van der Waals surface area contributed by atoms with E-state index in [0.29, 0.717) is 5.02 Å². The first kappa shape index (κ1) is 17.1. The molecule has 0 spiro atoms. The predicted molar refractivity (Wildman–Crippen MR) is 84.9 cm³/mol. The summed E-state index contributed by atoms with van der Waals surface area (Å²) in [4.78, 5) is 23.1. The Hall–Kier alpha value is -2.25. The van der Waals surface area contributed by atoms with Crippen molar-refractivity contribution in [1.82, 2.24) is 0 Å². The van der Waals surface area contributed by atoms with Gasteiger partial charge in [0.1, 0.15) is 11.5 Å². The van der Waals surface area contributed by atoms with Crippen LogP contribution in [0.5, 0.6) is 11.5 Å². The molecule has 0 fully saturated rings. The van der Waals surface area contributed by atoms with Crippen LogP contribution < -0.4 is 9.47 Å². The Kier molecular flexibility index (Phi) is 5.12. The number of halogens is 2. The number of aliphatic carboxylic acids is 2. The second-order valence-electron chi connectivity index (χ2n) is 4.34. The molecule has 2 aromatic rings. The normalized spacial score (nSPS) is 10.9. The van der Waals surface area contributed by atoms with Crippen molar-refractivity contribution in [3.8, 4) is 11.5 Å². The Morgan fingerprint density at radius 3 is 1.65 bits per heavy atom. The van der Waals surface area contributed by atoms with Gasteiger partial charge in [-0.2, -0.15) is 0 Å². The highest BCUT2D eigenvalue weighted by Crippen LogP contribution is 2.26. The van der Waals surface area contributed by atoms with Gasteiger partial charge in [-0.3, -0.25) is 0 Å². The second kappa shape index (κ2) is 6.89. The Balaban J connectivity index is 2.38. The van der Waals surface area contributed by atoms with Crippen LogP contribution in [0.3, 0.4) is 0 Å². The number of benzene rings is 2. The monoisotopic (exact) mass is 400 g/mol. The van der Waals surface area contributed by atoms with Gasteiger partial charge < -0.3 is 19.7 Å². The average Bonchev–Trinajstić information content (AvgIpc) is 2.50. The van der Waals surface area contributed by atoms with Gasteiger partial charge in [-0.15, -0.1) is 0 Å². The molecule has 2 N–H and O–H groups in total. The highest BCUT2D eigenvalue weighted by atomic mass is 79.9. The van der Waals surface area contributed by atoms with E-state index in [0.717, 1.165) is 4.47 Å². The molecule has 0 saturated heterocycles. The summed E-state index contributed by atoms with van der Waals surface area (Å²) in [6.45, 7) is 0. The summed E-state index contributed by atoms with van der Waals surface area (Å²) in [7, 11) is 0. The quantitative estimate of drug-likeness (QED) is 0.569. The van der Waals surface area contributed by atoms with Gasteiger partial charge in [-0.25, -0.2) is 9.59 Å². The van der Waals surface area contributed by atoms with E-state index in [2.05, 4.69) is 15.9 Å². The molecule has 0 unspecified atom stereocenters. The smallest absolute Gasteiger partial charge is 0.452 e. The predicted octanol–water partition coefficient (Wildman–Crippen LogP) is 3.43. The molecule has 0 saturated carbocycles. The topological polar surface area (TPSA) is 93.1 Å². The third-order valence-corrected chi connectivity index (χ3v) is 3.49. The maximum Gasteiger partial charge on any atom is 0.452 e. The summed E-state index contributed by atoms with van der Waals surface area (Å²) in [5.74, 6) is -6.53.